The van der Waals surface area contributed by atoms with E-state index in [0.717, 1.165) is 6.42 Å². The highest BCUT2D eigenvalue weighted by Crippen LogP contribution is 2.06. The second-order valence-corrected chi connectivity index (χ2v) is 4.56. The van der Waals surface area contributed by atoms with Crippen LogP contribution in [0.2, 0.25) is 0 Å². The molecule has 0 aromatic heterocycles. The Morgan fingerprint density at radius 3 is 2.50 bits per heavy atom. The molecule has 0 radical (unpaired) electrons. The molecule has 0 aromatic rings. The van der Waals surface area contributed by atoms with Crippen LogP contribution in [-0.2, 0) is 4.74 Å². The van der Waals surface area contributed by atoms with Gasteiger partial charge in [-0.1, -0.05) is 6.92 Å². The molecular weight excluding hydrogens is 180 g/mol. The van der Waals surface area contributed by atoms with Crippen LogP contribution < -0.4 is 11.1 Å². The van der Waals surface area contributed by atoms with Gasteiger partial charge >= 0.3 is 6.09 Å². The lowest BCUT2D eigenvalue weighted by molar-refractivity contribution is 0.0525. The van der Waals surface area contributed by atoms with Crippen LogP contribution in [0.5, 0.6) is 0 Å². The SMILES string of the molecule is CC(CN)CCNC(=O)OC(C)(C)C. The lowest BCUT2D eigenvalue weighted by Gasteiger charge is -2.20. The molecule has 0 aliphatic carbocycles. The Morgan fingerprint density at radius 1 is 1.50 bits per heavy atom. The summed E-state index contributed by atoms with van der Waals surface area (Å²) in [5, 5.41) is 2.69. The lowest BCUT2D eigenvalue weighted by Crippen LogP contribution is -2.33. The van der Waals surface area contributed by atoms with Gasteiger partial charge in [-0.15, -0.1) is 0 Å². The Balaban J connectivity index is 3.55. The van der Waals surface area contributed by atoms with Crippen molar-refractivity contribution in [2.45, 2.75) is 39.7 Å². The van der Waals surface area contributed by atoms with Crippen LogP contribution in [0.15, 0.2) is 0 Å². The zero-order valence-electron chi connectivity index (χ0n) is 9.59. The molecule has 0 heterocycles. The van der Waals surface area contributed by atoms with Gasteiger partial charge in [0.25, 0.3) is 0 Å². The summed E-state index contributed by atoms with van der Waals surface area (Å²) in [6.45, 7) is 8.85. The molecule has 0 saturated carbocycles. The number of carbonyl (C=O) groups is 1. The highest BCUT2D eigenvalue weighted by molar-refractivity contribution is 5.67. The molecule has 0 rings (SSSR count). The summed E-state index contributed by atoms with van der Waals surface area (Å²) >= 11 is 0. The van der Waals surface area contributed by atoms with Gasteiger partial charge < -0.3 is 15.8 Å². The van der Waals surface area contributed by atoms with Gasteiger partial charge in [0.1, 0.15) is 5.60 Å². The molecule has 0 fully saturated rings. The predicted molar refractivity (Wildman–Crippen MR) is 57.1 cm³/mol. The molecule has 0 aliphatic heterocycles. The third-order valence-corrected chi connectivity index (χ3v) is 1.71. The summed E-state index contributed by atoms with van der Waals surface area (Å²) in [6, 6.07) is 0. The van der Waals surface area contributed by atoms with Gasteiger partial charge in [0.2, 0.25) is 0 Å². The van der Waals surface area contributed by atoms with E-state index in [0.29, 0.717) is 19.0 Å². The predicted octanol–water partition coefficient (Wildman–Crippen LogP) is 1.50. The maximum absolute atomic E-state index is 11.2. The molecule has 84 valence electrons. The minimum absolute atomic E-state index is 0.360. The van der Waals surface area contributed by atoms with Crippen LogP contribution in [0, 0.1) is 5.92 Å². The Morgan fingerprint density at radius 2 is 2.07 bits per heavy atom. The fourth-order valence-electron chi connectivity index (χ4n) is 0.853. The number of carbonyl (C=O) groups excluding carboxylic acids is 1. The normalized spacial score (nSPS) is 13.5. The maximum atomic E-state index is 11.2. The van der Waals surface area contributed by atoms with Gasteiger partial charge in [-0.05, 0) is 39.7 Å². The van der Waals surface area contributed by atoms with Crippen LogP contribution in [0.1, 0.15) is 34.1 Å². The van der Waals surface area contributed by atoms with Crippen molar-refractivity contribution in [1.82, 2.24) is 5.32 Å². The second-order valence-electron chi connectivity index (χ2n) is 4.56. The summed E-state index contributed by atoms with van der Waals surface area (Å²) in [4.78, 5) is 11.2. The first kappa shape index (κ1) is 13.2. The number of nitrogens with one attached hydrogen (secondary N) is 1. The monoisotopic (exact) mass is 202 g/mol. The van der Waals surface area contributed by atoms with Crippen molar-refractivity contribution < 1.29 is 9.53 Å². The maximum Gasteiger partial charge on any atom is 0.407 e. The van der Waals surface area contributed by atoms with Crippen molar-refractivity contribution in [3.63, 3.8) is 0 Å². The topological polar surface area (TPSA) is 64.3 Å². The fraction of sp³-hybridized carbons (Fsp3) is 0.900. The van der Waals surface area contributed by atoms with Crippen LogP contribution in [0.4, 0.5) is 4.79 Å². The molecular formula is C10H22N2O2. The molecule has 1 amide bonds. The van der Waals surface area contributed by atoms with Crippen LogP contribution >= 0.6 is 0 Å². The van der Waals surface area contributed by atoms with E-state index in [1.54, 1.807) is 0 Å². The Labute approximate surface area is 86.2 Å². The minimum atomic E-state index is -0.427. The first-order valence-electron chi connectivity index (χ1n) is 5.02. The molecule has 0 spiro atoms. The number of amides is 1. The van der Waals surface area contributed by atoms with E-state index in [-0.39, 0.29) is 6.09 Å². The van der Waals surface area contributed by atoms with Gasteiger partial charge in [-0.3, -0.25) is 0 Å². The molecule has 0 bridgehead atoms. The summed E-state index contributed by atoms with van der Waals surface area (Å²) in [5.41, 5.74) is 5.02. The van der Waals surface area contributed by atoms with Gasteiger partial charge in [-0.2, -0.15) is 0 Å². The molecule has 1 atom stereocenters. The molecule has 4 nitrogen and oxygen atoms in total. The van der Waals surface area contributed by atoms with Gasteiger partial charge in [0.05, 0.1) is 0 Å². The fourth-order valence-corrected chi connectivity index (χ4v) is 0.853. The smallest absolute Gasteiger partial charge is 0.407 e. The zero-order valence-corrected chi connectivity index (χ0v) is 9.59. The molecule has 1 unspecified atom stereocenters. The van der Waals surface area contributed by atoms with Crippen molar-refractivity contribution >= 4 is 6.09 Å². The summed E-state index contributed by atoms with van der Waals surface area (Å²) in [7, 11) is 0. The molecule has 3 N–H and O–H groups in total. The second kappa shape index (κ2) is 5.86. The average Bonchev–Trinajstić information content (AvgIpc) is 2.00. The molecule has 4 heteroatoms. The van der Waals surface area contributed by atoms with E-state index in [9.17, 15) is 4.79 Å². The minimum Gasteiger partial charge on any atom is -0.444 e. The lowest BCUT2D eigenvalue weighted by atomic mass is 10.1. The standard InChI is InChI=1S/C10H22N2O2/c1-8(7-11)5-6-12-9(13)14-10(2,3)4/h8H,5-7,11H2,1-4H3,(H,12,13). The first-order valence-corrected chi connectivity index (χ1v) is 5.02. The quantitative estimate of drug-likeness (QED) is 0.726. The van der Waals surface area contributed by atoms with E-state index in [2.05, 4.69) is 12.2 Å². The largest absolute Gasteiger partial charge is 0.444 e. The average molecular weight is 202 g/mol. The van der Waals surface area contributed by atoms with Gasteiger partial charge in [-0.25, -0.2) is 4.79 Å². The number of ether oxygens (including phenoxy) is 1. The van der Waals surface area contributed by atoms with E-state index < -0.39 is 5.60 Å². The van der Waals surface area contributed by atoms with E-state index in [4.69, 9.17) is 10.5 Å². The van der Waals surface area contributed by atoms with Gasteiger partial charge in [0, 0.05) is 6.54 Å². The van der Waals surface area contributed by atoms with Crippen LogP contribution in [-0.4, -0.2) is 24.8 Å². The van der Waals surface area contributed by atoms with Crippen LogP contribution in [0.3, 0.4) is 0 Å². The molecule has 14 heavy (non-hydrogen) atoms. The first-order chi connectivity index (χ1) is 6.35. The summed E-state index contributed by atoms with van der Waals surface area (Å²) < 4.78 is 5.07. The third kappa shape index (κ3) is 7.86. The van der Waals surface area contributed by atoms with E-state index in [1.807, 2.05) is 20.8 Å². The Hall–Kier alpha value is -0.770. The summed E-state index contributed by atoms with van der Waals surface area (Å²) in [6.07, 6.45) is 0.525. The van der Waals surface area contributed by atoms with Gasteiger partial charge in [0.15, 0.2) is 0 Å². The number of rotatable bonds is 4. The molecule has 0 saturated heterocycles. The Bertz CT molecular complexity index is 175. The van der Waals surface area contributed by atoms with Crippen molar-refractivity contribution in [1.29, 1.82) is 0 Å². The summed E-state index contributed by atoms with van der Waals surface area (Å²) in [5.74, 6) is 0.435. The van der Waals surface area contributed by atoms with Crippen molar-refractivity contribution in [2.24, 2.45) is 11.7 Å². The number of hydrogen-bond donors (Lipinski definition) is 2. The number of alkyl carbamates (subject to hydrolysis) is 1. The van der Waals surface area contributed by atoms with Crippen molar-refractivity contribution in [3.05, 3.63) is 0 Å². The Kier molecular flexibility index (Phi) is 5.53. The highest BCUT2D eigenvalue weighted by atomic mass is 16.6. The molecule has 0 aromatic carbocycles. The number of hydrogen-bond acceptors (Lipinski definition) is 3. The zero-order chi connectivity index (χ0) is 11.2. The third-order valence-electron chi connectivity index (χ3n) is 1.71. The van der Waals surface area contributed by atoms with Crippen LogP contribution in [0.25, 0.3) is 0 Å². The number of nitrogens with two attached hydrogens (primary N) is 1. The van der Waals surface area contributed by atoms with E-state index in [1.165, 1.54) is 0 Å². The van der Waals surface area contributed by atoms with Crippen molar-refractivity contribution in [3.8, 4) is 0 Å². The van der Waals surface area contributed by atoms with E-state index >= 15 is 0 Å². The highest BCUT2D eigenvalue weighted by Gasteiger charge is 2.15. The van der Waals surface area contributed by atoms with Crippen molar-refractivity contribution in [2.75, 3.05) is 13.1 Å². The molecule has 0 aliphatic rings.